The lowest BCUT2D eigenvalue weighted by molar-refractivity contribution is 0.375. The van der Waals surface area contributed by atoms with Crippen LogP contribution < -0.4 is 16.0 Å². The van der Waals surface area contributed by atoms with Crippen molar-refractivity contribution in [2.45, 2.75) is 24.3 Å². The molecule has 0 aliphatic heterocycles. The topological polar surface area (TPSA) is 142 Å². The Kier molecular flexibility index (Phi) is 5.48. The Morgan fingerprint density at radius 2 is 1.84 bits per heavy atom. The molecule has 0 amide bonds. The predicted molar refractivity (Wildman–Crippen MR) is 115 cm³/mol. The van der Waals surface area contributed by atoms with Crippen molar-refractivity contribution in [3.8, 4) is 0 Å². The van der Waals surface area contributed by atoms with Crippen LogP contribution in [0.3, 0.4) is 0 Å². The highest BCUT2D eigenvalue weighted by Crippen LogP contribution is 2.17. The van der Waals surface area contributed by atoms with Gasteiger partial charge >= 0.3 is 5.69 Å². The fraction of sp³-hybridized carbons (Fsp3) is 0.250. The third-order valence-electron chi connectivity index (χ3n) is 4.98. The number of aromatic nitrogens is 5. The van der Waals surface area contributed by atoms with Gasteiger partial charge in [-0.25, -0.2) is 22.9 Å². The van der Waals surface area contributed by atoms with Crippen molar-refractivity contribution in [3.63, 3.8) is 0 Å². The van der Waals surface area contributed by atoms with E-state index in [0.29, 0.717) is 12.3 Å². The van der Waals surface area contributed by atoms with Gasteiger partial charge in [0.2, 0.25) is 15.9 Å². The lowest BCUT2D eigenvalue weighted by Gasteiger charge is -2.12. The molecule has 0 radical (unpaired) electrons. The number of rotatable bonds is 6. The van der Waals surface area contributed by atoms with Crippen LogP contribution in [0.2, 0.25) is 0 Å². The van der Waals surface area contributed by atoms with Gasteiger partial charge in [-0.3, -0.25) is 13.9 Å². The van der Waals surface area contributed by atoms with Gasteiger partial charge in [-0.2, -0.15) is 4.98 Å². The fourth-order valence-corrected chi connectivity index (χ4v) is 4.40. The quantitative estimate of drug-likeness (QED) is 0.446. The van der Waals surface area contributed by atoms with E-state index in [1.165, 1.54) is 24.7 Å². The van der Waals surface area contributed by atoms with E-state index >= 15 is 0 Å². The van der Waals surface area contributed by atoms with E-state index in [1.807, 2.05) is 30.3 Å². The van der Waals surface area contributed by atoms with Crippen molar-refractivity contribution in [2.24, 2.45) is 14.1 Å². The lowest BCUT2D eigenvalue weighted by Crippen LogP contribution is -2.37. The van der Waals surface area contributed by atoms with E-state index in [0.717, 1.165) is 16.3 Å². The van der Waals surface area contributed by atoms with Gasteiger partial charge in [0.05, 0.1) is 17.8 Å². The van der Waals surface area contributed by atoms with Gasteiger partial charge in [-0.1, -0.05) is 35.5 Å². The Bertz CT molecular complexity index is 1520. The molecule has 1 aromatic carbocycles. The molecule has 4 aromatic rings. The number of nitrogens with one attached hydrogen (secondary N) is 1. The molecule has 0 saturated carbocycles. The predicted octanol–water partition coefficient (Wildman–Crippen LogP) is 0.645. The second-order valence-electron chi connectivity index (χ2n) is 7.30. The van der Waals surface area contributed by atoms with Crippen LogP contribution in [0.4, 0.5) is 0 Å². The van der Waals surface area contributed by atoms with Crippen molar-refractivity contribution < 1.29 is 12.9 Å². The summed E-state index contributed by atoms with van der Waals surface area (Å²) in [5.74, 6) is 0.528. The van der Waals surface area contributed by atoms with Crippen LogP contribution in [0.15, 0.2) is 61.6 Å². The summed E-state index contributed by atoms with van der Waals surface area (Å²) >= 11 is 0. The first-order valence-corrected chi connectivity index (χ1v) is 11.1. The molecule has 1 N–H and O–H groups in total. The van der Waals surface area contributed by atoms with Crippen LogP contribution in [-0.4, -0.2) is 32.7 Å². The Morgan fingerprint density at radius 1 is 1.12 bits per heavy atom. The Morgan fingerprint density at radius 3 is 2.56 bits per heavy atom. The molecule has 12 heteroatoms. The molecular weight excluding hydrogens is 436 g/mol. The van der Waals surface area contributed by atoms with E-state index in [9.17, 15) is 18.0 Å². The van der Waals surface area contributed by atoms with Crippen molar-refractivity contribution in [3.05, 3.63) is 80.7 Å². The molecule has 0 bridgehead atoms. The zero-order valence-electron chi connectivity index (χ0n) is 17.5. The van der Waals surface area contributed by atoms with Gasteiger partial charge in [-0.05, 0) is 18.6 Å². The largest absolute Gasteiger partial charge is 0.339 e. The van der Waals surface area contributed by atoms with Crippen molar-refractivity contribution in [2.75, 3.05) is 0 Å². The third kappa shape index (κ3) is 3.97. The first-order valence-electron chi connectivity index (χ1n) is 9.62. The molecule has 32 heavy (non-hydrogen) atoms. The van der Waals surface area contributed by atoms with Crippen LogP contribution in [0, 0.1) is 0 Å². The molecule has 11 nitrogen and oxygen atoms in total. The van der Waals surface area contributed by atoms with Crippen LogP contribution in [0.5, 0.6) is 0 Å². The number of nitrogens with zero attached hydrogens (tertiary/aromatic N) is 5. The molecule has 3 heterocycles. The summed E-state index contributed by atoms with van der Waals surface area (Å²) in [6, 6.07) is 9.92. The first kappa shape index (κ1) is 21.6. The van der Waals surface area contributed by atoms with E-state index in [4.69, 9.17) is 4.52 Å². The summed E-state index contributed by atoms with van der Waals surface area (Å²) in [7, 11) is -1.30. The fourth-order valence-electron chi connectivity index (χ4n) is 3.23. The van der Waals surface area contributed by atoms with Gasteiger partial charge in [-0.15, -0.1) is 0 Å². The van der Waals surface area contributed by atoms with E-state index in [-0.39, 0.29) is 21.8 Å². The molecule has 166 valence electrons. The van der Waals surface area contributed by atoms with Gasteiger partial charge in [0.15, 0.2) is 5.82 Å². The molecule has 0 saturated heterocycles. The van der Waals surface area contributed by atoms with Crippen LogP contribution in [0.25, 0.3) is 11.0 Å². The van der Waals surface area contributed by atoms with Gasteiger partial charge in [0.1, 0.15) is 10.5 Å². The minimum atomic E-state index is -4.07. The van der Waals surface area contributed by atoms with Crippen LogP contribution in [0.1, 0.15) is 30.2 Å². The summed E-state index contributed by atoms with van der Waals surface area (Å²) in [5, 5.41) is 3.88. The number of hydrogen-bond acceptors (Lipinski definition) is 8. The number of pyridine rings is 1. The molecule has 0 spiro atoms. The average Bonchev–Trinajstić information content (AvgIpc) is 3.25. The maximum Gasteiger partial charge on any atom is 0.332 e. The highest BCUT2D eigenvalue weighted by molar-refractivity contribution is 7.89. The number of hydrogen-bond donors (Lipinski definition) is 1. The third-order valence-corrected chi connectivity index (χ3v) is 6.49. The Labute approximate surface area is 182 Å². The van der Waals surface area contributed by atoms with E-state index < -0.39 is 27.3 Å². The highest BCUT2D eigenvalue weighted by Gasteiger charge is 2.24. The lowest BCUT2D eigenvalue weighted by atomic mass is 10.1. The number of fused-ring (bicyclic) bond motifs is 1. The normalized spacial score (nSPS) is 12.8. The Hall–Kier alpha value is -3.64. The van der Waals surface area contributed by atoms with E-state index in [1.54, 1.807) is 6.92 Å². The Balaban J connectivity index is 1.60. The molecule has 3 aromatic heterocycles. The van der Waals surface area contributed by atoms with Gasteiger partial charge in [0.25, 0.3) is 5.56 Å². The molecule has 0 aliphatic rings. The van der Waals surface area contributed by atoms with Crippen molar-refractivity contribution in [1.29, 1.82) is 0 Å². The maximum atomic E-state index is 12.9. The molecule has 0 fully saturated rings. The SMILES string of the molecule is CC(NS(=O)(=O)c1cnc2c(c1)c(=O)n(C)c(=O)n2C)c1noc(Cc2ccccc2)n1. The first-order chi connectivity index (χ1) is 15.2. The monoisotopic (exact) mass is 456 g/mol. The van der Waals surface area contributed by atoms with E-state index in [2.05, 4.69) is 19.8 Å². The van der Waals surface area contributed by atoms with Crippen molar-refractivity contribution >= 4 is 21.1 Å². The van der Waals surface area contributed by atoms with Crippen LogP contribution >= 0.6 is 0 Å². The summed E-state index contributed by atoms with van der Waals surface area (Å²) in [5.41, 5.74) is -0.117. The second kappa shape index (κ2) is 8.13. The molecule has 1 atom stereocenters. The zero-order chi connectivity index (χ0) is 23.0. The molecular formula is C20H20N6O5S. The van der Waals surface area contributed by atoms with Crippen LogP contribution in [-0.2, 0) is 30.5 Å². The number of benzene rings is 1. The number of aryl methyl sites for hydroxylation is 1. The average molecular weight is 456 g/mol. The molecule has 1 unspecified atom stereocenters. The van der Waals surface area contributed by atoms with Crippen molar-refractivity contribution in [1.82, 2.24) is 29.0 Å². The van der Waals surface area contributed by atoms with Gasteiger partial charge < -0.3 is 4.52 Å². The zero-order valence-corrected chi connectivity index (χ0v) is 18.3. The summed E-state index contributed by atoms with van der Waals surface area (Å²) in [6.45, 7) is 1.58. The smallest absolute Gasteiger partial charge is 0.332 e. The summed E-state index contributed by atoms with van der Waals surface area (Å²) < 4.78 is 35.5. The summed E-state index contributed by atoms with van der Waals surface area (Å²) in [4.78, 5) is 32.5. The minimum Gasteiger partial charge on any atom is -0.339 e. The summed E-state index contributed by atoms with van der Waals surface area (Å²) in [6.07, 6.45) is 1.51. The standard InChI is InChI=1S/C20H20N6O5S/c1-12(17-22-16(31-23-17)9-13-7-5-4-6-8-13)24-32(29,30)14-10-15-18(21-11-14)25(2)20(28)26(3)19(15)27/h4-8,10-12,24H,9H2,1-3H3. The molecule has 4 rings (SSSR count). The molecule has 0 aliphatic carbocycles. The highest BCUT2D eigenvalue weighted by atomic mass is 32.2. The van der Waals surface area contributed by atoms with Gasteiger partial charge in [0, 0.05) is 20.3 Å². The minimum absolute atomic E-state index is 0.00911. The number of sulfonamides is 1. The second-order valence-corrected chi connectivity index (χ2v) is 9.01. The maximum absolute atomic E-state index is 12.9.